The summed E-state index contributed by atoms with van der Waals surface area (Å²) in [6.45, 7) is 6.42. The van der Waals surface area contributed by atoms with Gasteiger partial charge in [-0.1, -0.05) is 6.58 Å². The van der Waals surface area contributed by atoms with E-state index >= 15 is 0 Å². The Kier molecular flexibility index (Phi) is 4.14. The minimum atomic E-state index is 0.0771. The molecule has 1 amide bonds. The van der Waals surface area contributed by atoms with Crippen LogP contribution in [-0.2, 0) is 4.79 Å². The monoisotopic (exact) mass is 196 g/mol. The summed E-state index contributed by atoms with van der Waals surface area (Å²) in [6, 6.07) is 0. The minimum absolute atomic E-state index is 0.0771. The van der Waals surface area contributed by atoms with E-state index in [1.165, 1.54) is 6.08 Å². The van der Waals surface area contributed by atoms with Gasteiger partial charge in [0.05, 0.1) is 0 Å². The molecule has 0 bridgehead atoms. The van der Waals surface area contributed by atoms with Crippen LogP contribution in [0.1, 0.15) is 12.8 Å². The number of carbonyl (C=O) groups is 1. The van der Waals surface area contributed by atoms with E-state index in [4.69, 9.17) is 0 Å². The summed E-state index contributed by atoms with van der Waals surface area (Å²) in [6.07, 6.45) is 3.65. The number of carbonyl (C=O) groups excluding carboxylic acids is 1. The molecule has 1 saturated heterocycles. The molecule has 0 aromatic heterocycles. The highest BCUT2D eigenvalue weighted by Crippen LogP contribution is 2.17. The van der Waals surface area contributed by atoms with Crippen LogP contribution in [0, 0.1) is 5.92 Å². The van der Waals surface area contributed by atoms with Crippen molar-refractivity contribution < 1.29 is 4.79 Å². The Morgan fingerprint density at radius 2 is 2.07 bits per heavy atom. The fourth-order valence-electron chi connectivity index (χ4n) is 1.98. The molecular formula is C11H20N2O. The van der Waals surface area contributed by atoms with Crippen LogP contribution in [0.25, 0.3) is 0 Å². The lowest BCUT2D eigenvalue weighted by molar-refractivity contribution is -0.127. The highest BCUT2D eigenvalue weighted by molar-refractivity contribution is 5.87. The topological polar surface area (TPSA) is 23.6 Å². The van der Waals surface area contributed by atoms with Gasteiger partial charge in [-0.3, -0.25) is 4.79 Å². The normalized spacial score (nSPS) is 18.6. The Hall–Kier alpha value is -0.830. The Bertz CT molecular complexity index is 205. The van der Waals surface area contributed by atoms with Crippen LogP contribution in [0.5, 0.6) is 0 Å². The van der Waals surface area contributed by atoms with Crippen LogP contribution in [0.2, 0.25) is 0 Å². The van der Waals surface area contributed by atoms with Crippen molar-refractivity contribution in [3.05, 3.63) is 12.7 Å². The third-order valence-electron chi connectivity index (χ3n) is 2.72. The van der Waals surface area contributed by atoms with E-state index in [0.717, 1.165) is 38.4 Å². The van der Waals surface area contributed by atoms with Crippen LogP contribution in [0.4, 0.5) is 0 Å². The van der Waals surface area contributed by atoms with Gasteiger partial charge in [0.1, 0.15) is 0 Å². The quantitative estimate of drug-likeness (QED) is 0.628. The summed E-state index contributed by atoms with van der Waals surface area (Å²) in [5.74, 6) is 0.826. The molecule has 0 aliphatic carbocycles. The van der Waals surface area contributed by atoms with Crippen LogP contribution in [-0.4, -0.2) is 49.4 Å². The van der Waals surface area contributed by atoms with E-state index in [2.05, 4.69) is 25.6 Å². The average Bonchev–Trinajstić information content (AvgIpc) is 2.17. The fourth-order valence-corrected chi connectivity index (χ4v) is 1.98. The number of piperidine rings is 1. The molecule has 0 aromatic carbocycles. The zero-order valence-electron chi connectivity index (χ0n) is 9.20. The average molecular weight is 196 g/mol. The molecule has 0 N–H and O–H groups in total. The van der Waals surface area contributed by atoms with Gasteiger partial charge in [0.25, 0.3) is 0 Å². The Morgan fingerprint density at radius 3 is 2.50 bits per heavy atom. The first-order chi connectivity index (χ1) is 6.63. The summed E-state index contributed by atoms with van der Waals surface area (Å²) in [5.41, 5.74) is 0. The maximum Gasteiger partial charge on any atom is 0.245 e. The zero-order chi connectivity index (χ0) is 10.6. The molecule has 0 saturated carbocycles. The number of amides is 1. The van der Waals surface area contributed by atoms with Gasteiger partial charge < -0.3 is 9.80 Å². The second-order valence-electron chi connectivity index (χ2n) is 4.24. The Morgan fingerprint density at radius 1 is 1.50 bits per heavy atom. The number of nitrogens with zero attached hydrogens (tertiary/aromatic N) is 2. The number of hydrogen-bond acceptors (Lipinski definition) is 2. The van der Waals surface area contributed by atoms with Crippen molar-refractivity contribution in [2.45, 2.75) is 12.8 Å². The van der Waals surface area contributed by atoms with Crippen molar-refractivity contribution in [3.63, 3.8) is 0 Å². The predicted molar refractivity (Wildman–Crippen MR) is 58.1 cm³/mol. The SMILES string of the molecule is C=CC(=O)N1CCC(CN(C)C)CC1. The molecule has 1 aliphatic heterocycles. The lowest BCUT2D eigenvalue weighted by Crippen LogP contribution is -2.39. The predicted octanol–water partition coefficient (Wildman–Crippen LogP) is 0.973. The highest BCUT2D eigenvalue weighted by Gasteiger charge is 2.21. The zero-order valence-corrected chi connectivity index (χ0v) is 9.20. The summed E-state index contributed by atoms with van der Waals surface area (Å²) < 4.78 is 0. The molecule has 3 heteroatoms. The van der Waals surface area contributed by atoms with Crippen molar-refractivity contribution in [2.75, 3.05) is 33.7 Å². The first-order valence-corrected chi connectivity index (χ1v) is 5.19. The van der Waals surface area contributed by atoms with Crippen LogP contribution in [0.15, 0.2) is 12.7 Å². The molecule has 1 aliphatic rings. The largest absolute Gasteiger partial charge is 0.339 e. The van der Waals surface area contributed by atoms with Gasteiger partial charge in [-0.2, -0.15) is 0 Å². The Balaban J connectivity index is 2.31. The van der Waals surface area contributed by atoms with Crippen molar-refractivity contribution in [1.82, 2.24) is 9.80 Å². The second-order valence-corrected chi connectivity index (χ2v) is 4.24. The van der Waals surface area contributed by atoms with Gasteiger partial charge in [0, 0.05) is 19.6 Å². The van der Waals surface area contributed by atoms with Crippen molar-refractivity contribution >= 4 is 5.91 Å². The molecule has 14 heavy (non-hydrogen) atoms. The number of likely N-dealkylation sites (tertiary alicyclic amines) is 1. The van der Waals surface area contributed by atoms with Gasteiger partial charge in [-0.25, -0.2) is 0 Å². The summed E-state index contributed by atoms with van der Waals surface area (Å²) in [7, 11) is 4.20. The van der Waals surface area contributed by atoms with E-state index in [1.54, 1.807) is 0 Å². The van der Waals surface area contributed by atoms with E-state index in [1.807, 2.05) is 4.90 Å². The lowest BCUT2D eigenvalue weighted by Gasteiger charge is -2.32. The van der Waals surface area contributed by atoms with Gasteiger partial charge in [0.15, 0.2) is 0 Å². The van der Waals surface area contributed by atoms with Crippen molar-refractivity contribution in [1.29, 1.82) is 0 Å². The standard InChI is InChI=1S/C11H20N2O/c1-4-11(14)13-7-5-10(6-8-13)9-12(2)3/h4,10H,1,5-9H2,2-3H3. The maximum atomic E-state index is 11.3. The van der Waals surface area contributed by atoms with Crippen LogP contribution >= 0.6 is 0 Å². The highest BCUT2D eigenvalue weighted by atomic mass is 16.2. The molecule has 0 atom stereocenters. The summed E-state index contributed by atoms with van der Waals surface area (Å²) >= 11 is 0. The van der Waals surface area contributed by atoms with Crippen LogP contribution < -0.4 is 0 Å². The van der Waals surface area contributed by atoms with Gasteiger partial charge >= 0.3 is 0 Å². The molecule has 80 valence electrons. The maximum absolute atomic E-state index is 11.3. The van der Waals surface area contributed by atoms with Crippen molar-refractivity contribution in [2.24, 2.45) is 5.92 Å². The minimum Gasteiger partial charge on any atom is -0.339 e. The molecular weight excluding hydrogens is 176 g/mol. The van der Waals surface area contributed by atoms with E-state index in [9.17, 15) is 4.79 Å². The summed E-state index contributed by atoms with van der Waals surface area (Å²) in [5, 5.41) is 0. The number of rotatable bonds is 3. The molecule has 0 aromatic rings. The van der Waals surface area contributed by atoms with E-state index in [0.29, 0.717) is 0 Å². The van der Waals surface area contributed by atoms with Crippen molar-refractivity contribution in [3.8, 4) is 0 Å². The third-order valence-corrected chi connectivity index (χ3v) is 2.72. The van der Waals surface area contributed by atoms with Crippen LogP contribution in [0.3, 0.4) is 0 Å². The lowest BCUT2D eigenvalue weighted by atomic mass is 9.96. The molecule has 3 nitrogen and oxygen atoms in total. The number of hydrogen-bond donors (Lipinski definition) is 0. The first kappa shape index (κ1) is 11.2. The molecule has 0 radical (unpaired) electrons. The molecule has 1 heterocycles. The fraction of sp³-hybridized carbons (Fsp3) is 0.727. The third kappa shape index (κ3) is 3.14. The van der Waals surface area contributed by atoms with Gasteiger partial charge in [-0.05, 0) is 38.9 Å². The van der Waals surface area contributed by atoms with Gasteiger partial charge in [-0.15, -0.1) is 0 Å². The molecule has 1 rings (SSSR count). The van der Waals surface area contributed by atoms with E-state index < -0.39 is 0 Å². The molecule has 1 fully saturated rings. The van der Waals surface area contributed by atoms with E-state index in [-0.39, 0.29) is 5.91 Å². The molecule has 0 unspecified atom stereocenters. The molecule has 0 spiro atoms. The smallest absolute Gasteiger partial charge is 0.245 e. The second kappa shape index (κ2) is 5.15. The Labute approximate surface area is 86.4 Å². The van der Waals surface area contributed by atoms with Gasteiger partial charge in [0.2, 0.25) is 5.91 Å². The first-order valence-electron chi connectivity index (χ1n) is 5.19. The summed E-state index contributed by atoms with van der Waals surface area (Å²) in [4.78, 5) is 15.4.